The molecule has 1 unspecified atom stereocenters. The van der Waals surface area contributed by atoms with E-state index in [0.29, 0.717) is 11.5 Å². The van der Waals surface area contributed by atoms with E-state index >= 15 is 0 Å². The highest BCUT2D eigenvalue weighted by atomic mass is 35.5. The summed E-state index contributed by atoms with van der Waals surface area (Å²) in [6, 6.07) is 8.94. The minimum absolute atomic E-state index is 0.485. The van der Waals surface area contributed by atoms with Crippen LogP contribution in [0, 0.1) is 23.2 Å². The number of nitrogens with one attached hydrogen (secondary N) is 1. The summed E-state index contributed by atoms with van der Waals surface area (Å²) in [5.74, 6) is 3.12. The van der Waals surface area contributed by atoms with Gasteiger partial charge in [0.05, 0.1) is 0 Å². The number of hydrogen-bond donors (Lipinski definition) is 1. The van der Waals surface area contributed by atoms with Crippen LogP contribution in [-0.4, -0.2) is 7.05 Å². The first-order chi connectivity index (χ1) is 10.2. The summed E-state index contributed by atoms with van der Waals surface area (Å²) in [5.41, 5.74) is 2.03. The predicted octanol–water partition coefficient (Wildman–Crippen LogP) is 5.21. The van der Waals surface area contributed by atoms with Crippen LogP contribution in [0.15, 0.2) is 24.3 Å². The Balaban J connectivity index is 1.55. The van der Waals surface area contributed by atoms with Crippen LogP contribution in [-0.2, 0) is 0 Å². The molecule has 2 heteroatoms. The number of hydrogen-bond acceptors (Lipinski definition) is 1. The minimum atomic E-state index is 0.485. The zero-order valence-corrected chi connectivity index (χ0v) is 13.7. The van der Waals surface area contributed by atoms with Crippen molar-refractivity contribution in [1.29, 1.82) is 0 Å². The van der Waals surface area contributed by atoms with Gasteiger partial charge in [0.2, 0.25) is 0 Å². The van der Waals surface area contributed by atoms with Crippen LogP contribution < -0.4 is 5.32 Å². The lowest BCUT2D eigenvalue weighted by molar-refractivity contribution is -0.0619. The second-order valence-electron chi connectivity index (χ2n) is 8.01. The molecule has 0 spiro atoms. The Labute approximate surface area is 133 Å². The second-order valence-corrected chi connectivity index (χ2v) is 8.45. The highest BCUT2D eigenvalue weighted by Gasteiger charge is 2.51. The van der Waals surface area contributed by atoms with Crippen molar-refractivity contribution < 1.29 is 0 Å². The molecule has 1 nitrogen and oxygen atoms in total. The van der Waals surface area contributed by atoms with Gasteiger partial charge in [-0.15, -0.1) is 0 Å². The van der Waals surface area contributed by atoms with Gasteiger partial charge in [0.1, 0.15) is 0 Å². The number of benzene rings is 1. The van der Waals surface area contributed by atoms with Crippen LogP contribution in [0.1, 0.15) is 56.6 Å². The van der Waals surface area contributed by atoms with E-state index in [1.54, 1.807) is 0 Å². The SMILES string of the molecule is CNC(CC12CC3CC(CC(C3)C1)C2)c1ccc(Cl)cc1. The number of halogens is 1. The van der Waals surface area contributed by atoms with Gasteiger partial charge in [-0.05, 0) is 92.9 Å². The lowest BCUT2D eigenvalue weighted by atomic mass is 9.48. The Hall–Kier alpha value is -0.530. The van der Waals surface area contributed by atoms with Gasteiger partial charge >= 0.3 is 0 Å². The van der Waals surface area contributed by atoms with Gasteiger partial charge in [-0.25, -0.2) is 0 Å². The normalized spacial score (nSPS) is 38.7. The third kappa shape index (κ3) is 2.64. The summed E-state index contributed by atoms with van der Waals surface area (Å²) in [4.78, 5) is 0. The molecule has 1 N–H and O–H groups in total. The van der Waals surface area contributed by atoms with Crippen molar-refractivity contribution in [2.75, 3.05) is 7.05 Å². The Morgan fingerprint density at radius 3 is 2.05 bits per heavy atom. The van der Waals surface area contributed by atoms with Crippen LogP contribution in [0.25, 0.3) is 0 Å². The summed E-state index contributed by atoms with van der Waals surface area (Å²) in [6.07, 6.45) is 10.4. The number of rotatable bonds is 4. The van der Waals surface area contributed by atoms with E-state index in [9.17, 15) is 0 Å². The van der Waals surface area contributed by atoms with Gasteiger partial charge < -0.3 is 5.32 Å². The Morgan fingerprint density at radius 2 is 1.57 bits per heavy atom. The maximum absolute atomic E-state index is 6.04. The third-order valence-electron chi connectivity index (χ3n) is 6.42. The molecule has 4 aliphatic rings. The van der Waals surface area contributed by atoms with Gasteiger partial charge in [0.15, 0.2) is 0 Å². The quantitative estimate of drug-likeness (QED) is 0.805. The fraction of sp³-hybridized carbons (Fsp3) is 0.684. The van der Waals surface area contributed by atoms with Crippen molar-refractivity contribution >= 4 is 11.6 Å². The van der Waals surface area contributed by atoms with E-state index in [-0.39, 0.29) is 0 Å². The van der Waals surface area contributed by atoms with Crippen molar-refractivity contribution in [2.45, 2.75) is 51.0 Å². The van der Waals surface area contributed by atoms with E-state index in [1.807, 2.05) is 12.1 Å². The molecule has 1 atom stereocenters. The fourth-order valence-corrected chi connectivity index (χ4v) is 6.18. The smallest absolute Gasteiger partial charge is 0.0406 e. The zero-order valence-electron chi connectivity index (χ0n) is 12.9. The predicted molar refractivity (Wildman–Crippen MR) is 88.5 cm³/mol. The molecule has 114 valence electrons. The topological polar surface area (TPSA) is 12.0 Å². The maximum Gasteiger partial charge on any atom is 0.0406 e. The molecule has 5 rings (SSSR count). The fourth-order valence-electron chi connectivity index (χ4n) is 6.05. The third-order valence-corrected chi connectivity index (χ3v) is 6.68. The van der Waals surface area contributed by atoms with E-state index in [1.165, 1.54) is 50.5 Å². The molecule has 1 aromatic carbocycles. The summed E-state index contributed by atoms with van der Waals surface area (Å²) >= 11 is 6.04. The van der Waals surface area contributed by atoms with Gasteiger partial charge in [-0.2, -0.15) is 0 Å². The molecule has 0 aliphatic heterocycles. The first-order valence-corrected chi connectivity index (χ1v) is 8.96. The van der Waals surface area contributed by atoms with Crippen LogP contribution in [0.5, 0.6) is 0 Å². The van der Waals surface area contributed by atoms with E-state index in [0.717, 1.165) is 22.8 Å². The van der Waals surface area contributed by atoms with Crippen LogP contribution in [0.3, 0.4) is 0 Å². The second kappa shape index (κ2) is 5.28. The van der Waals surface area contributed by atoms with Gasteiger partial charge in [0.25, 0.3) is 0 Å². The largest absolute Gasteiger partial charge is 0.313 e. The lowest BCUT2D eigenvalue weighted by Gasteiger charge is -2.57. The van der Waals surface area contributed by atoms with Crippen molar-refractivity contribution in [2.24, 2.45) is 23.2 Å². The van der Waals surface area contributed by atoms with Crippen LogP contribution >= 0.6 is 11.6 Å². The van der Waals surface area contributed by atoms with Crippen molar-refractivity contribution in [3.8, 4) is 0 Å². The summed E-state index contributed by atoms with van der Waals surface area (Å²) < 4.78 is 0. The molecule has 0 heterocycles. The average molecular weight is 304 g/mol. The van der Waals surface area contributed by atoms with Gasteiger partial charge in [0, 0.05) is 11.1 Å². The highest BCUT2D eigenvalue weighted by Crippen LogP contribution is 2.62. The average Bonchev–Trinajstić information content (AvgIpc) is 2.44. The molecular weight excluding hydrogens is 278 g/mol. The molecule has 4 saturated carbocycles. The Bertz CT molecular complexity index is 472. The van der Waals surface area contributed by atoms with Crippen molar-refractivity contribution in [1.82, 2.24) is 5.32 Å². The molecule has 0 saturated heterocycles. The first kappa shape index (κ1) is 14.1. The van der Waals surface area contributed by atoms with E-state index < -0.39 is 0 Å². The Morgan fingerprint density at radius 1 is 1.05 bits per heavy atom. The first-order valence-electron chi connectivity index (χ1n) is 8.58. The molecule has 4 aliphatic carbocycles. The van der Waals surface area contributed by atoms with E-state index in [2.05, 4.69) is 24.5 Å². The minimum Gasteiger partial charge on any atom is -0.313 e. The molecule has 1 aromatic rings. The Kier molecular flexibility index (Phi) is 3.54. The lowest BCUT2D eigenvalue weighted by Crippen LogP contribution is -2.47. The molecule has 21 heavy (non-hydrogen) atoms. The van der Waals surface area contributed by atoms with E-state index in [4.69, 9.17) is 11.6 Å². The highest BCUT2D eigenvalue weighted by molar-refractivity contribution is 6.30. The molecule has 0 amide bonds. The standard InChI is InChI=1S/C19H26ClN/c1-21-18(16-2-4-17(20)5-3-16)12-19-9-13-6-14(10-19)8-15(7-13)11-19/h2-5,13-15,18,21H,6-12H2,1H3. The van der Waals surface area contributed by atoms with Gasteiger partial charge in [-0.1, -0.05) is 23.7 Å². The molecule has 4 bridgehead atoms. The molecule has 0 radical (unpaired) electrons. The van der Waals surface area contributed by atoms with Gasteiger partial charge in [-0.3, -0.25) is 0 Å². The van der Waals surface area contributed by atoms with Crippen molar-refractivity contribution in [3.05, 3.63) is 34.9 Å². The maximum atomic E-state index is 6.04. The van der Waals surface area contributed by atoms with Crippen molar-refractivity contribution in [3.63, 3.8) is 0 Å². The molecule has 0 aromatic heterocycles. The monoisotopic (exact) mass is 303 g/mol. The summed E-state index contributed by atoms with van der Waals surface area (Å²) in [6.45, 7) is 0. The van der Waals surface area contributed by atoms with Crippen LogP contribution in [0.4, 0.5) is 0 Å². The zero-order chi connectivity index (χ0) is 14.4. The molecule has 4 fully saturated rings. The van der Waals surface area contributed by atoms with Crippen LogP contribution in [0.2, 0.25) is 5.02 Å². The summed E-state index contributed by atoms with van der Waals surface area (Å²) in [7, 11) is 2.11. The molecular formula is C19H26ClN. The summed E-state index contributed by atoms with van der Waals surface area (Å²) in [5, 5.41) is 4.41.